The van der Waals surface area contributed by atoms with E-state index in [1.807, 2.05) is 24.3 Å². The van der Waals surface area contributed by atoms with Crippen molar-refractivity contribution in [3.63, 3.8) is 0 Å². The Kier molecular flexibility index (Phi) is 6.99. The van der Waals surface area contributed by atoms with Gasteiger partial charge in [-0.25, -0.2) is 0 Å². The number of piperidine rings is 1. The number of allylic oxidation sites excluding steroid dienone is 2. The first-order valence-corrected chi connectivity index (χ1v) is 16.1. The van der Waals surface area contributed by atoms with Crippen LogP contribution in [0.2, 0.25) is 0 Å². The number of para-hydroxylation sites is 1. The molecule has 2 aliphatic carbocycles. The van der Waals surface area contributed by atoms with Gasteiger partial charge in [-0.3, -0.25) is 33.9 Å². The Bertz CT molecular complexity index is 1610. The Labute approximate surface area is 266 Å². The zero-order valence-corrected chi connectivity index (χ0v) is 26.2. The van der Waals surface area contributed by atoms with Crippen molar-refractivity contribution in [2.75, 3.05) is 20.1 Å². The number of halogens is 2. The van der Waals surface area contributed by atoms with Gasteiger partial charge in [-0.15, -0.1) is 23.2 Å². The van der Waals surface area contributed by atoms with Crippen LogP contribution in [0.3, 0.4) is 0 Å². The SMILES string of the molecule is Cc1cccc(C2C3=CCC4C(=O)N(C5CCN(Cc6ccccc6)CC5)C(=O)C4C3CC3(Cl)C(=O)N(C)C(=O)C23Cl)c1O. The molecule has 10 heteroatoms. The van der Waals surface area contributed by atoms with Crippen LogP contribution in [0.15, 0.2) is 60.2 Å². The summed E-state index contributed by atoms with van der Waals surface area (Å²) in [6.07, 6.45) is 3.55. The largest absolute Gasteiger partial charge is 0.507 e. The number of fused-ring (bicyclic) bond motifs is 4. The molecule has 1 N–H and O–H groups in total. The molecule has 6 unspecified atom stereocenters. The molecular formula is C34H35Cl2N3O5. The molecule has 6 atom stereocenters. The molecule has 44 heavy (non-hydrogen) atoms. The van der Waals surface area contributed by atoms with E-state index >= 15 is 0 Å². The van der Waals surface area contributed by atoms with Crippen LogP contribution in [-0.2, 0) is 25.7 Å². The zero-order valence-electron chi connectivity index (χ0n) is 24.7. The fourth-order valence-corrected chi connectivity index (χ4v) is 9.58. The molecule has 0 bridgehead atoms. The van der Waals surface area contributed by atoms with Crippen LogP contribution in [0.1, 0.15) is 48.3 Å². The van der Waals surface area contributed by atoms with Crippen molar-refractivity contribution in [2.45, 2.75) is 60.9 Å². The monoisotopic (exact) mass is 635 g/mol. The number of phenolic OH excluding ortho intramolecular Hbond substituents is 1. The molecule has 4 fully saturated rings. The number of hydrogen-bond donors (Lipinski definition) is 1. The lowest BCUT2D eigenvalue weighted by atomic mass is 9.56. The normalized spacial score (nSPS) is 34.2. The number of phenols is 1. The topological polar surface area (TPSA) is 98.2 Å². The fraction of sp³-hybridized carbons (Fsp3) is 0.471. The van der Waals surface area contributed by atoms with E-state index in [2.05, 4.69) is 17.0 Å². The van der Waals surface area contributed by atoms with Crippen LogP contribution >= 0.6 is 23.2 Å². The first kappa shape index (κ1) is 29.5. The summed E-state index contributed by atoms with van der Waals surface area (Å²) in [4.78, 5) is 56.6. The van der Waals surface area contributed by atoms with E-state index in [9.17, 15) is 24.3 Å². The molecule has 2 aromatic carbocycles. The number of carbonyl (C=O) groups excluding carboxylic acids is 4. The van der Waals surface area contributed by atoms with Crippen molar-refractivity contribution in [2.24, 2.45) is 17.8 Å². The Morgan fingerprint density at radius 2 is 1.61 bits per heavy atom. The second-order valence-corrected chi connectivity index (χ2v) is 14.3. The highest BCUT2D eigenvalue weighted by Crippen LogP contribution is 2.66. The molecule has 230 valence electrons. The van der Waals surface area contributed by atoms with Crippen molar-refractivity contribution in [3.05, 3.63) is 76.9 Å². The van der Waals surface area contributed by atoms with Gasteiger partial charge in [0.2, 0.25) is 11.8 Å². The van der Waals surface area contributed by atoms with Gasteiger partial charge in [-0.05, 0) is 49.7 Å². The van der Waals surface area contributed by atoms with Gasteiger partial charge in [-0.1, -0.05) is 60.2 Å². The molecule has 3 aliphatic heterocycles. The number of alkyl halides is 2. The van der Waals surface area contributed by atoms with E-state index in [1.165, 1.54) is 17.5 Å². The van der Waals surface area contributed by atoms with Crippen molar-refractivity contribution in [3.8, 4) is 5.75 Å². The zero-order chi connectivity index (χ0) is 31.1. The molecule has 3 heterocycles. The lowest BCUT2D eigenvalue weighted by Crippen LogP contribution is -2.60. The number of aromatic hydroxyl groups is 1. The summed E-state index contributed by atoms with van der Waals surface area (Å²) in [5.74, 6) is -4.55. The van der Waals surface area contributed by atoms with Crippen LogP contribution in [-0.4, -0.2) is 79.4 Å². The van der Waals surface area contributed by atoms with E-state index in [-0.39, 0.29) is 30.0 Å². The van der Waals surface area contributed by atoms with Crippen LogP contribution in [0.25, 0.3) is 0 Å². The minimum absolute atomic E-state index is 0.0345. The number of benzene rings is 2. The quantitative estimate of drug-likeness (QED) is 0.305. The molecule has 2 aromatic rings. The summed E-state index contributed by atoms with van der Waals surface area (Å²) in [6.45, 7) is 4.11. The Morgan fingerprint density at radius 3 is 2.32 bits per heavy atom. The summed E-state index contributed by atoms with van der Waals surface area (Å²) >= 11 is 14.5. The smallest absolute Gasteiger partial charge is 0.253 e. The highest BCUT2D eigenvalue weighted by molar-refractivity contribution is 6.53. The van der Waals surface area contributed by atoms with Crippen molar-refractivity contribution >= 4 is 46.8 Å². The maximum Gasteiger partial charge on any atom is 0.253 e. The van der Waals surface area contributed by atoms with Gasteiger partial charge in [0.25, 0.3) is 11.8 Å². The van der Waals surface area contributed by atoms with Gasteiger partial charge in [0.15, 0.2) is 9.75 Å². The van der Waals surface area contributed by atoms with Gasteiger partial charge in [0, 0.05) is 44.2 Å². The molecular weight excluding hydrogens is 601 g/mol. The summed E-state index contributed by atoms with van der Waals surface area (Å²) in [5.41, 5.74) is 2.89. The number of aryl methyl sites for hydroxylation is 1. The van der Waals surface area contributed by atoms with Crippen LogP contribution < -0.4 is 0 Å². The van der Waals surface area contributed by atoms with Gasteiger partial charge in [0.05, 0.1) is 11.8 Å². The summed E-state index contributed by atoms with van der Waals surface area (Å²) in [6, 6.07) is 15.2. The van der Waals surface area contributed by atoms with Crippen LogP contribution in [0.4, 0.5) is 0 Å². The Hall–Kier alpha value is -3.20. The molecule has 4 amide bonds. The van der Waals surface area contributed by atoms with E-state index in [0.717, 1.165) is 24.5 Å². The minimum atomic E-state index is -1.90. The lowest BCUT2D eigenvalue weighted by Gasteiger charge is -2.51. The summed E-state index contributed by atoms with van der Waals surface area (Å²) in [7, 11) is 1.36. The standard InChI is InChI=1S/C34H35Cl2N3O5/c1-19-7-6-10-24(28(19)40)27-22-11-12-23-26(25(22)17-33(35)31(43)37(2)32(44)34(27,33)36)30(42)39(29(23)41)21-13-15-38(16-14-21)18-20-8-4-3-5-9-20/h3-11,21,23,25-27,40H,12-18H2,1-2H3. The molecule has 5 aliphatic rings. The number of imide groups is 2. The number of rotatable bonds is 4. The fourth-order valence-electron chi connectivity index (χ4n) is 8.57. The first-order valence-electron chi connectivity index (χ1n) is 15.3. The first-order chi connectivity index (χ1) is 21.0. The molecule has 8 nitrogen and oxygen atoms in total. The third-order valence-electron chi connectivity index (χ3n) is 10.8. The predicted molar refractivity (Wildman–Crippen MR) is 165 cm³/mol. The number of likely N-dealkylation sites (tertiary alicyclic amines) is 3. The van der Waals surface area contributed by atoms with Crippen LogP contribution in [0, 0.1) is 24.7 Å². The number of amides is 4. The second kappa shape index (κ2) is 10.4. The highest BCUT2D eigenvalue weighted by Gasteiger charge is 2.76. The van der Waals surface area contributed by atoms with E-state index < -0.39 is 45.2 Å². The van der Waals surface area contributed by atoms with Gasteiger partial charge in [-0.2, -0.15) is 0 Å². The number of hydrogen-bond acceptors (Lipinski definition) is 6. The maximum absolute atomic E-state index is 14.3. The maximum atomic E-state index is 14.3. The summed E-state index contributed by atoms with van der Waals surface area (Å²) < 4.78 is 0. The Balaban J connectivity index is 1.22. The van der Waals surface area contributed by atoms with Gasteiger partial charge in [0.1, 0.15) is 5.75 Å². The highest BCUT2D eigenvalue weighted by atomic mass is 35.5. The molecule has 3 saturated heterocycles. The average Bonchev–Trinajstić information content (AvgIpc) is 3.34. The second-order valence-electron chi connectivity index (χ2n) is 13.1. The van der Waals surface area contributed by atoms with Crippen molar-refractivity contribution < 1.29 is 24.3 Å². The summed E-state index contributed by atoms with van der Waals surface area (Å²) in [5, 5.41) is 11.2. The molecule has 7 rings (SSSR count). The lowest BCUT2D eigenvalue weighted by molar-refractivity contribution is -0.144. The van der Waals surface area contributed by atoms with E-state index in [0.29, 0.717) is 36.0 Å². The number of nitrogens with zero attached hydrogens (tertiary/aromatic N) is 3. The molecule has 0 radical (unpaired) electrons. The minimum Gasteiger partial charge on any atom is -0.507 e. The van der Waals surface area contributed by atoms with Crippen LogP contribution in [0.5, 0.6) is 5.75 Å². The van der Waals surface area contributed by atoms with E-state index in [1.54, 1.807) is 25.1 Å². The molecule has 1 saturated carbocycles. The van der Waals surface area contributed by atoms with E-state index in [4.69, 9.17) is 23.2 Å². The number of carbonyl (C=O) groups is 4. The third kappa shape index (κ3) is 4.00. The van der Waals surface area contributed by atoms with Crippen molar-refractivity contribution in [1.29, 1.82) is 0 Å². The van der Waals surface area contributed by atoms with Gasteiger partial charge < -0.3 is 5.11 Å². The van der Waals surface area contributed by atoms with Crippen molar-refractivity contribution in [1.82, 2.24) is 14.7 Å². The van der Waals surface area contributed by atoms with Gasteiger partial charge >= 0.3 is 0 Å². The third-order valence-corrected chi connectivity index (χ3v) is 12.2. The predicted octanol–water partition coefficient (Wildman–Crippen LogP) is 4.35. The average molecular weight is 637 g/mol. The Morgan fingerprint density at radius 1 is 0.909 bits per heavy atom. The molecule has 0 aromatic heterocycles. The molecule has 0 spiro atoms.